The van der Waals surface area contributed by atoms with Crippen molar-refractivity contribution in [2.24, 2.45) is 11.8 Å². The SMILES string of the molecule is C=C(C)C(CC(=O)C1CCN(c2cnccc2-n2ccc(C)c2)CC1)CC(F)(F)CC. The van der Waals surface area contributed by atoms with E-state index < -0.39 is 11.8 Å². The van der Waals surface area contributed by atoms with Crippen LogP contribution in [0.4, 0.5) is 14.5 Å². The van der Waals surface area contributed by atoms with Crippen molar-refractivity contribution in [3.05, 3.63) is 54.6 Å². The third kappa shape index (κ3) is 5.81. The molecule has 1 fully saturated rings. The molecule has 0 spiro atoms. The summed E-state index contributed by atoms with van der Waals surface area (Å²) in [5.74, 6) is -3.20. The topological polar surface area (TPSA) is 38.1 Å². The Bertz CT molecular complexity index is 913. The fourth-order valence-corrected chi connectivity index (χ4v) is 4.27. The zero-order valence-electron chi connectivity index (χ0n) is 18.8. The monoisotopic (exact) mass is 429 g/mol. The van der Waals surface area contributed by atoms with E-state index in [-0.39, 0.29) is 31.0 Å². The first-order chi connectivity index (χ1) is 14.7. The summed E-state index contributed by atoms with van der Waals surface area (Å²) in [6.07, 6.45) is 8.89. The largest absolute Gasteiger partial charge is 0.369 e. The van der Waals surface area contributed by atoms with Gasteiger partial charge in [-0.1, -0.05) is 19.1 Å². The van der Waals surface area contributed by atoms with Crippen LogP contribution in [0.2, 0.25) is 0 Å². The van der Waals surface area contributed by atoms with Gasteiger partial charge in [-0.3, -0.25) is 9.78 Å². The fourth-order valence-electron chi connectivity index (χ4n) is 4.27. The van der Waals surface area contributed by atoms with Crippen LogP contribution >= 0.6 is 0 Å². The number of carbonyl (C=O) groups excluding carboxylic acids is 1. The van der Waals surface area contributed by atoms with Crippen LogP contribution in [-0.4, -0.2) is 34.3 Å². The molecule has 0 N–H and O–H groups in total. The Kier molecular flexibility index (Phi) is 7.29. The molecule has 6 heteroatoms. The quantitative estimate of drug-likeness (QED) is 0.460. The van der Waals surface area contributed by atoms with Crippen LogP contribution in [0.15, 0.2) is 49.1 Å². The van der Waals surface area contributed by atoms with Crippen LogP contribution < -0.4 is 4.90 Å². The second-order valence-corrected chi connectivity index (χ2v) is 8.85. The Morgan fingerprint density at radius 1 is 1.29 bits per heavy atom. The highest BCUT2D eigenvalue weighted by Gasteiger charge is 2.34. The minimum Gasteiger partial charge on any atom is -0.369 e. The van der Waals surface area contributed by atoms with Gasteiger partial charge in [-0.15, -0.1) is 0 Å². The molecule has 2 aromatic heterocycles. The number of piperidine rings is 1. The number of hydrogen-bond donors (Lipinski definition) is 0. The number of allylic oxidation sites excluding steroid dienone is 1. The maximum atomic E-state index is 13.9. The Labute approximate surface area is 184 Å². The standard InChI is InChI=1S/C25H33F2N3O/c1-5-25(26,27)15-21(18(2)3)14-24(31)20-8-12-29(13-9-20)23-16-28-10-6-22(23)30-11-7-19(4)17-30/h6-7,10-11,16-17,20-21H,2,5,8-9,12-15H2,1,3-4H3. The molecule has 0 aromatic carbocycles. The number of pyridine rings is 1. The first-order valence-corrected chi connectivity index (χ1v) is 11.1. The summed E-state index contributed by atoms with van der Waals surface area (Å²) in [7, 11) is 0. The van der Waals surface area contributed by atoms with E-state index in [2.05, 4.69) is 40.2 Å². The third-order valence-electron chi connectivity index (χ3n) is 6.39. The van der Waals surface area contributed by atoms with Crippen molar-refractivity contribution in [2.75, 3.05) is 18.0 Å². The van der Waals surface area contributed by atoms with Gasteiger partial charge in [-0.2, -0.15) is 0 Å². The summed E-state index contributed by atoms with van der Waals surface area (Å²) >= 11 is 0. The molecule has 1 atom stereocenters. The minimum atomic E-state index is -2.75. The first-order valence-electron chi connectivity index (χ1n) is 11.1. The lowest BCUT2D eigenvalue weighted by Gasteiger charge is -2.34. The van der Waals surface area contributed by atoms with Crippen molar-refractivity contribution in [3.63, 3.8) is 0 Å². The van der Waals surface area contributed by atoms with Crippen LogP contribution in [0, 0.1) is 18.8 Å². The summed E-state index contributed by atoms with van der Waals surface area (Å²) in [6.45, 7) is 10.6. The lowest BCUT2D eigenvalue weighted by Crippen LogP contribution is -2.37. The van der Waals surface area contributed by atoms with Gasteiger partial charge in [-0.05, 0) is 50.3 Å². The zero-order valence-corrected chi connectivity index (χ0v) is 18.8. The van der Waals surface area contributed by atoms with Crippen molar-refractivity contribution in [1.82, 2.24) is 9.55 Å². The van der Waals surface area contributed by atoms with E-state index >= 15 is 0 Å². The van der Waals surface area contributed by atoms with E-state index in [4.69, 9.17) is 0 Å². The molecule has 1 unspecified atom stereocenters. The molecule has 4 nitrogen and oxygen atoms in total. The van der Waals surface area contributed by atoms with Crippen molar-refractivity contribution in [3.8, 4) is 5.69 Å². The number of ketones is 1. The van der Waals surface area contributed by atoms with Crippen molar-refractivity contribution < 1.29 is 13.6 Å². The number of alkyl halides is 2. The fraction of sp³-hybridized carbons (Fsp3) is 0.520. The van der Waals surface area contributed by atoms with Gasteiger partial charge in [0.05, 0.1) is 17.6 Å². The molecular formula is C25H33F2N3O. The number of aromatic nitrogens is 2. The molecule has 3 rings (SSSR count). The van der Waals surface area contributed by atoms with Crippen LogP contribution in [0.1, 0.15) is 51.5 Å². The van der Waals surface area contributed by atoms with E-state index in [0.717, 1.165) is 37.3 Å². The molecule has 0 aliphatic carbocycles. The molecular weight excluding hydrogens is 396 g/mol. The Balaban J connectivity index is 1.63. The van der Waals surface area contributed by atoms with Gasteiger partial charge in [0, 0.05) is 56.9 Å². The number of carbonyl (C=O) groups is 1. The molecule has 3 heterocycles. The molecule has 0 amide bonds. The number of halogens is 2. The highest BCUT2D eigenvalue weighted by atomic mass is 19.3. The van der Waals surface area contributed by atoms with Crippen LogP contribution in [0.3, 0.4) is 0 Å². The summed E-state index contributed by atoms with van der Waals surface area (Å²) < 4.78 is 29.9. The molecule has 0 radical (unpaired) electrons. The normalized spacial score (nSPS) is 16.4. The zero-order chi connectivity index (χ0) is 22.6. The van der Waals surface area contributed by atoms with E-state index in [1.807, 2.05) is 18.5 Å². The van der Waals surface area contributed by atoms with Gasteiger partial charge in [0.1, 0.15) is 5.78 Å². The van der Waals surface area contributed by atoms with Crippen molar-refractivity contribution in [1.29, 1.82) is 0 Å². The molecule has 0 saturated carbocycles. The molecule has 168 valence electrons. The van der Waals surface area contributed by atoms with Gasteiger partial charge in [-0.25, -0.2) is 8.78 Å². The second-order valence-electron chi connectivity index (χ2n) is 8.85. The highest BCUT2D eigenvalue weighted by Crippen LogP contribution is 2.34. The number of aryl methyl sites for hydroxylation is 1. The molecule has 1 aliphatic rings. The number of hydrogen-bond acceptors (Lipinski definition) is 3. The van der Waals surface area contributed by atoms with Gasteiger partial charge in [0.2, 0.25) is 5.92 Å². The van der Waals surface area contributed by atoms with E-state index in [9.17, 15) is 13.6 Å². The molecule has 1 saturated heterocycles. The summed E-state index contributed by atoms with van der Waals surface area (Å²) in [4.78, 5) is 19.5. The minimum absolute atomic E-state index is 0.0812. The summed E-state index contributed by atoms with van der Waals surface area (Å²) in [5, 5.41) is 0. The highest BCUT2D eigenvalue weighted by molar-refractivity contribution is 5.82. The third-order valence-corrected chi connectivity index (χ3v) is 6.39. The number of rotatable bonds is 9. The molecule has 31 heavy (non-hydrogen) atoms. The van der Waals surface area contributed by atoms with Crippen molar-refractivity contribution in [2.45, 2.75) is 58.8 Å². The van der Waals surface area contributed by atoms with Crippen LogP contribution in [0.25, 0.3) is 5.69 Å². The number of nitrogens with zero attached hydrogens (tertiary/aromatic N) is 3. The number of anilines is 1. The average Bonchev–Trinajstić information content (AvgIpc) is 3.19. The van der Waals surface area contributed by atoms with Crippen LogP contribution in [0.5, 0.6) is 0 Å². The first kappa shape index (κ1) is 23.2. The van der Waals surface area contributed by atoms with Gasteiger partial charge in [0.25, 0.3) is 0 Å². The predicted molar refractivity (Wildman–Crippen MR) is 121 cm³/mol. The van der Waals surface area contributed by atoms with Gasteiger partial charge < -0.3 is 9.47 Å². The predicted octanol–water partition coefficient (Wildman–Crippen LogP) is 5.98. The number of Topliss-reactive ketones (excluding diaryl/α,β-unsaturated/α-hetero) is 1. The maximum Gasteiger partial charge on any atom is 0.248 e. The lowest BCUT2D eigenvalue weighted by atomic mass is 9.83. The summed E-state index contributed by atoms with van der Waals surface area (Å²) in [5.41, 5.74) is 3.97. The maximum absolute atomic E-state index is 13.9. The smallest absolute Gasteiger partial charge is 0.248 e. The van der Waals surface area contributed by atoms with Crippen molar-refractivity contribution >= 4 is 11.5 Å². The molecule has 0 bridgehead atoms. The average molecular weight is 430 g/mol. The Hall–Kier alpha value is -2.50. The van der Waals surface area contributed by atoms with E-state index in [1.54, 1.807) is 13.1 Å². The van der Waals surface area contributed by atoms with Gasteiger partial charge in [0.15, 0.2) is 0 Å². The van der Waals surface area contributed by atoms with Gasteiger partial charge >= 0.3 is 0 Å². The Morgan fingerprint density at radius 3 is 2.58 bits per heavy atom. The molecule has 2 aromatic rings. The van der Waals surface area contributed by atoms with E-state index in [1.165, 1.54) is 12.5 Å². The lowest BCUT2D eigenvalue weighted by molar-refractivity contribution is -0.124. The Morgan fingerprint density at radius 2 is 2.00 bits per heavy atom. The second kappa shape index (κ2) is 9.75. The summed E-state index contributed by atoms with van der Waals surface area (Å²) in [6, 6.07) is 4.06. The van der Waals surface area contributed by atoms with E-state index in [0.29, 0.717) is 5.57 Å². The molecule has 1 aliphatic heterocycles. The van der Waals surface area contributed by atoms with Crippen LogP contribution in [-0.2, 0) is 4.79 Å².